The van der Waals surface area contributed by atoms with Gasteiger partial charge in [-0.25, -0.2) is 0 Å². The molecule has 0 bridgehead atoms. The topological polar surface area (TPSA) is 49.4 Å². The molecule has 0 aliphatic carbocycles. The Balaban J connectivity index is 2.42. The lowest BCUT2D eigenvalue weighted by atomic mass is 9.92. The van der Waals surface area contributed by atoms with E-state index in [-0.39, 0.29) is 30.3 Å². The Labute approximate surface area is 84.7 Å². The lowest BCUT2D eigenvalue weighted by Crippen LogP contribution is -2.52. The summed E-state index contributed by atoms with van der Waals surface area (Å²) in [6.07, 6.45) is 0.923. The third-order valence-corrected chi connectivity index (χ3v) is 2.26. The number of amides is 2. The Kier molecular flexibility index (Phi) is 3.13. The van der Waals surface area contributed by atoms with E-state index in [9.17, 15) is 9.59 Å². The van der Waals surface area contributed by atoms with Crippen molar-refractivity contribution in [3.8, 4) is 0 Å². The molecule has 1 N–H and O–H groups in total. The van der Waals surface area contributed by atoms with Gasteiger partial charge in [-0.15, -0.1) is 0 Å². The second-order valence-corrected chi connectivity index (χ2v) is 4.90. The predicted octanol–water partition coefficient (Wildman–Crippen LogP) is 0.381. The van der Waals surface area contributed by atoms with Crippen LogP contribution in [0.1, 0.15) is 27.2 Å². The highest BCUT2D eigenvalue weighted by Crippen LogP contribution is 2.18. The molecule has 0 atom stereocenters. The molecule has 4 nitrogen and oxygen atoms in total. The van der Waals surface area contributed by atoms with Crippen LogP contribution >= 0.6 is 0 Å². The molecule has 4 heteroatoms. The zero-order valence-electron chi connectivity index (χ0n) is 9.09. The maximum atomic E-state index is 11.4. The Morgan fingerprint density at radius 1 is 1.36 bits per heavy atom. The number of carbonyl (C=O) groups is 2. The smallest absolute Gasteiger partial charge is 0.242 e. The summed E-state index contributed by atoms with van der Waals surface area (Å²) in [6, 6.07) is 0. The lowest BCUT2D eigenvalue weighted by Gasteiger charge is -2.29. The molecule has 0 aromatic rings. The summed E-state index contributed by atoms with van der Waals surface area (Å²) in [4.78, 5) is 24.0. The van der Waals surface area contributed by atoms with Crippen molar-refractivity contribution in [2.45, 2.75) is 27.2 Å². The van der Waals surface area contributed by atoms with E-state index >= 15 is 0 Å². The Morgan fingerprint density at radius 3 is 2.57 bits per heavy atom. The third-order valence-electron chi connectivity index (χ3n) is 2.26. The molecule has 0 radical (unpaired) electrons. The van der Waals surface area contributed by atoms with Gasteiger partial charge in [0.2, 0.25) is 11.8 Å². The fourth-order valence-corrected chi connectivity index (χ4v) is 1.28. The third kappa shape index (κ3) is 3.36. The molecule has 0 spiro atoms. The van der Waals surface area contributed by atoms with Gasteiger partial charge in [0.15, 0.2) is 0 Å². The second kappa shape index (κ2) is 3.98. The number of nitrogens with one attached hydrogen (secondary N) is 1. The number of rotatable bonds is 2. The van der Waals surface area contributed by atoms with Crippen molar-refractivity contribution < 1.29 is 9.59 Å². The lowest BCUT2D eigenvalue weighted by molar-refractivity contribution is -0.140. The number of nitrogens with zero attached hydrogens (tertiary/aromatic N) is 1. The van der Waals surface area contributed by atoms with Gasteiger partial charge in [-0.05, 0) is 11.8 Å². The summed E-state index contributed by atoms with van der Waals surface area (Å²) >= 11 is 0. The molecular weight excluding hydrogens is 180 g/mol. The van der Waals surface area contributed by atoms with Crippen molar-refractivity contribution in [2.24, 2.45) is 5.41 Å². The molecule has 1 saturated heterocycles. The van der Waals surface area contributed by atoms with Crippen LogP contribution in [-0.4, -0.2) is 36.3 Å². The van der Waals surface area contributed by atoms with E-state index in [1.165, 1.54) is 0 Å². The Hall–Kier alpha value is -1.06. The average Bonchev–Trinajstić information content (AvgIpc) is 2.05. The molecule has 1 fully saturated rings. The maximum absolute atomic E-state index is 11.4. The zero-order valence-corrected chi connectivity index (χ0v) is 9.09. The minimum Gasteiger partial charge on any atom is -0.345 e. The molecule has 1 heterocycles. The first-order valence-electron chi connectivity index (χ1n) is 4.93. The van der Waals surface area contributed by atoms with Gasteiger partial charge in [0, 0.05) is 6.54 Å². The molecule has 0 aromatic heterocycles. The summed E-state index contributed by atoms with van der Waals surface area (Å²) in [6.45, 7) is 7.43. The van der Waals surface area contributed by atoms with E-state index in [2.05, 4.69) is 26.1 Å². The number of hydrogen-bond donors (Lipinski definition) is 1. The van der Waals surface area contributed by atoms with Gasteiger partial charge < -0.3 is 10.2 Å². The van der Waals surface area contributed by atoms with Crippen molar-refractivity contribution >= 4 is 11.8 Å². The minimum atomic E-state index is -0.0569. The van der Waals surface area contributed by atoms with Crippen LogP contribution in [0.4, 0.5) is 0 Å². The summed E-state index contributed by atoms with van der Waals surface area (Å²) < 4.78 is 0. The Morgan fingerprint density at radius 2 is 2.00 bits per heavy atom. The van der Waals surface area contributed by atoms with Crippen LogP contribution < -0.4 is 5.32 Å². The normalized spacial score (nSPS) is 18.4. The van der Waals surface area contributed by atoms with Crippen LogP contribution in [0.2, 0.25) is 0 Å². The molecule has 80 valence electrons. The molecule has 0 saturated carbocycles. The largest absolute Gasteiger partial charge is 0.345 e. The highest BCUT2D eigenvalue weighted by atomic mass is 16.2. The fourth-order valence-electron chi connectivity index (χ4n) is 1.28. The first-order chi connectivity index (χ1) is 6.38. The van der Waals surface area contributed by atoms with Gasteiger partial charge in [0.1, 0.15) is 0 Å². The summed E-state index contributed by atoms with van der Waals surface area (Å²) in [5.41, 5.74) is 0.203. The van der Waals surface area contributed by atoms with E-state index in [0.717, 1.165) is 6.42 Å². The summed E-state index contributed by atoms with van der Waals surface area (Å²) in [5, 5.41) is 2.53. The highest BCUT2D eigenvalue weighted by Gasteiger charge is 2.24. The molecular formula is C10H18N2O2. The van der Waals surface area contributed by atoms with Crippen molar-refractivity contribution in [3.05, 3.63) is 0 Å². The van der Waals surface area contributed by atoms with Crippen LogP contribution in [-0.2, 0) is 9.59 Å². The van der Waals surface area contributed by atoms with Gasteiger partial charge >= 0.3 is 0 Å². The monoisotopic (exact) mass is 198 g/mol. The first-order valence-corrected chi connectivity index (χ1v) is 4.93. The summed E-state index contributed by atoms with van der Waals surface area (Å²) in [7, 11) is 0. The standard InChI is InChI=1S/C10H18N2O2/c1-10(2,3)4-5-12-7-8(13)11-6-9(12)14/h4-7H2,1-3H3,(H,11,13). The van der Waals surface area contributed by atoms with E-state index < -0.39 is 0 Å². The number of carbonyl (C=O) groups excluding carboxylic acids is 2. The fraction of sp³-hybridized carbons (Fsp3) is 0.800. The van der Waals surface area contributed by atoms with Gasteiger partial charge in [-0.3, -0.25) is 9.59 Å². The molecule has 1 rings (SSSR count). The van der Waals surface area contributed by atoms with Crippen molar-refractivity contribution in [1.82, 2.24) is 10.2 Å². The molecule has 1 aliphatic rings. The van der Waals surface area contributed by atoms with E-state index in [1.54, 1.807) is 4.90 Å². The van der Waals surface area contributed by atoms with Crippen molar-refractivity contribution in [2.75, 3.05) is 19.6 Å². The van der Waals surface area contributed by atoms with Crippen molar-refractivity contribution in [3.63, 3.8) is 0 Å². The first kappa shape index (κ1) is 11.0. The molecule has 2 amide bonds. The summed E-state index contributed by atoms with van der Waals surface area (Å²) in [5.74, 6) is -0.0349. The van der Waals surface area contributed by atoms with Crippen LogP contribution in [0.5, 0.6) is 0 Å². The van der Waals surface area contributed by atoms with Gasteiger partial charge in [-0.2, -0.15) is 0 Å². The van der Waals surface area contributed by atoms with E-state index in [1.807, 2.05) is 0 Å². The highest BCUT2D eigenvalue weighted by molar-refractivity contribution is 5.92. The van der Waals surface area contributed by atoms with Crippen LogP contribution in [0.3, 0.4) is 0 Å². The van der Waals surface area contributed by atoms with Gasteiger partial charge in [0.05, 0.1) is 13.1 Å². The van der Waals surface area contributed by atoms with E-state index in [0.29, 0.717) is 6.54 Å². The number of hydrogen-bond acceptors (Lipinski definition) is 2. The Bertz CT molecular complexity index is 243. The minimum absolute atomic E-state index is 0.0221. The molecule has 0 aromatic carbocycles. The molecule has 14 heavy (non-hydrogen) atoms. The van der Waals surface area contributed by atoms with Crippen LogP contribution in [0.15, 0.2) is 0 Å². The predicted molar refractivity (Wildman–Crippen MR) is 53.7 cm³/mol. The van der Waals surface area contributed by atoms with Gasteiger partial charge in [0.25, 0.3) is 0 Å². The number of piperazine rings is 1. The molecule has 1 aliphatic heterocycles. The van der Waals surface area contributed by atoms with E-state index in [4.69, 9.17) is 0 Å². The van der Waals surface area contributed by atoms with Crippen molar-refractivity contribution in [1.29, 1.82) is 0 Å². The maximum Gasteiger partial charge on any atom is 0.242 e. The van der Waals surface area contributed by atoms with Crippen LogP contribution in [0, 0.1) is 5.41 Å². The zero-order chi connectivity index (χ0) is 10.8. The quantitative estimate of drug-likeness (QED) is 0.697. The SMILES string of the molecule is CC(C)(C)CCN1CC(=O)NCC1=O. The molecule has 0 unspecified atom stereocenters. The van der Waals surface area contributed by atoms with Crippen LogP contribution in [0.25, 0.3) is 0 Å². The second-order valence-electron chi connectivity index (χ2n) is 4.90. The van der Waals surface area contributed by atoms with Gasteiger partial charge in [-0.1, -0.05) is 20.8 Å². The average molecular weight is 198 g/mol.